The summed E-state index contributed by atoms with van der Waals surface area (Å²) in [6, 6.07) is 5.08. The summed E-state index contributed by atoms with van der Waals surface area (Å²) in [5, 5.41) is 22.0. The highest BCUT2D eigenvalue weighted by Gasteiger charge is 2.45. The van der Waals surface area contributed by atoms with Crippen molar-refractivity contribution in [2.24, 2.45) is 5.41 Å². The number of hydrogen-bond donors (Lipinski definition) is 2. The second kappa shape index (κ2) is 9.94. The zero-order valence-corrected chi connectivity index (χ0v) is 21.4. The number of benzene rings is 1. The molecule has 0 radical (unpaired) electrons. The zero-order valence-electron chi connectivity index (χ0n) is 21.4. The van der Waals surface area contributed by atoms with E-state index in [1.54, 1.807) is 4.68 Å². The second-order valence-electron chi connectivity index (χ2n) is 11.5. The van der Waals surface area contributed by atoms with Crippen LogP contribution in [0.5, 0.6) is 0 Å². The third kappa shape index (κ3) is 5.32. The third-order valence-corrected chi connectivity index (χ3v) is 7.46. The number of nitrogens with one attached hydrogen (secondary N) is 1. The number of nitrogens with zero attached hydrogens (tertiary/aromatic N) is 4. The lowest BCUT2D eigenvalue weighted by molar-refractivity contribution is -0.144. The van der Waals surface area contributed by atoms with Gasteiger partial charge in [-0.25, -0.2) is 4.68 Å². The van der Waals surface area contributed by atoms with E-state index in [9.17, 15) is 14.7 Å². The summed E-state index contributed by atoms with van der Waals surface area (Å²) >= 11 is 0. The molecule has 2 amide bonds. The van der Waals surface area contributed by atoms with Crippen LogP contribution in [0.25, 0.3) is 0 Å². The molecule has 2 aromatic rings. The van der Waals surface area contributed by atoms with Gasteiger partial charge in [0, 0.05) is 31.6 Å². The minimum absolute atomic E-state index is 0.137. The SMILES string of the molecule is CC(C)(C)[C@@H](C(=O)N1C[C@H](O)C[C@H]1C(=O)NCCc1ccc2c(c1)COCC2)n1cc(C2CC2)nn1. The molecule has 1 aromatic heterocycles. The number of fused-ring (bicyclic) bond motifs is 1. The molecule has 2 N–H and O–H groups in total. The zero-order chi connectivity index (χ0) is 25.4. The number of amides is 2. The summed E-state index contributed by atoms with van der Waals surface area (Å²) in [5.41, 5.74) is 4.15. The monoisotopic (exact) mass is 495 g/mol. The molecule has 0 spiro atoms. The predicted molar refractivity (Wildman–Crippen MR) is 133 cm³/mol. The van der Waals surface area contributed by atoms with Gasteiger partial charge in [0.25, 0.3) is 0 Å². The fraction of sp³-hybridized carbons (Fsp3) is 0.630. The molecule has 0 bridgehead atoms. The first kappa shape index (κ1) is 24.9. The maximum atomic E-state index is 13.8. The Hall–Kier alpha value is -2.78. The van der Waals surface area contributed by atoms with E-state index in [-0.39, 0.29) is 24.8 Å². The summed E-state index contributed by atoms with van der Waals surface area (Å²) in [4.78, 5) is 28.5. The fourth-order valence-electron chi connectivity index (χ4n) is 5.35. The van der Waals surface area contributed by atoms with Crippen LogP contribution in [0.3, 0.4) is 0 Å². The second-order valence-corrected chi connectivity index (χ2v) is 11.5. The van der Waals surface area contributed by atoms with Gasteiger partial charge in [0.05, 0.1) is 25.0 Å². The van der Waals surface area contributed by atoms with Crippen LogP contribution in [0, 0.1) is 5.41 Å². The number of aliphatic hydroxyl groups excluding tert-OH is 1. The highest BCUT2D eigenvalue weighted by molar-refractivity contribution is 5.90. The Labute approximate surface area is 212 Å². The van der Waals surface area contributed by atoms with Gasteiger partial charge in [-0.1, -0.05) is 44.2 Å². The van der Waals surface area contributed by atoms with Gasteiger partial charge in [0.15, 0.2) is 0 Å². The Morgan fingerprint density at radius 1 is 1.25 bits per heavy atom. The molecule has 5 rings (SSSR count). The molecular weight excluding hydrogens is 458 g/mol. The van der Waals surface area contributed by atoms with Crippen molar-refractivity contribution in [3.63, 3.8) is 0 Å². The van der Waals surface area contributed by atoms with Crippen LogP contribution < -0.4 is 5.32 Å². The molecule has 1 aromatic carbocycles. The molecule has 3 aliphatic rings. The van der Waals surface area contributed by atoms with Crippen molar-refractivity contribution in [3.8, 4) is 0 Å². The quantitative estimate of drug-likeness (QED) is 0.609. The van der Waals surface area contributed by atoms with Crippen molar-refractivity contribution in [1.29, 1.82) is 0 Å². The number of aliphatic hydroxyl groups is 1. The van der Waals surface area contributed by atoms with Crippen molar-refractivity contribution in [3.05, 3.63) is 46.8 Å². The molecule has 2 fully saturated rings. The molecule has 9 heteroatoms. The number of likely N-dealkylation sites (tertiary alicyclic amines) is 1. The first-order valence-corrected chi connectivity index (χ1v) is 13.1. The molecule has 2 aliphatic heterocycles. The molecule has 3 atom stereocenters. The Kier molecular flexibility index (Phi) is 6.87. The number of rotatable bonds is 7. The summed E-state index contributed by atoms with van der Waals surface area (Å²) < 4.78 is 7.20. The first-order chi connectivity index (χ1) is 17.2. The van der Waals surface area contributed by atoms with E-state index in [1.807, 2.05) is 27.0 Å². The van der Waals surface area contributed by atoms with Crippen LogP contribution in [0.2, 0.25) is 0 Å². The van der Waals surface area contributed by atoms with E-state index in [0.717, 1.165) is 37.1 Å². The lowest BCUT2D eigenvalue weighted by Crippen LogP contribution is -2.50. The molecular formula is C27H37N5O4. The van der Waals surface area contributed by atoms with E-state index >= 15 is 0 Å². The van der Waals surface area contributed by atoms with Crippen molar-refractivity contribution in [2.75, 3.05) is 19.7 Å². The van der Waals surface area contributed by atoms with Crippen LogP contribution in [-0.2, 0) is 33.8 Å². The Morgan fingerprint density at radius 2 is 2.06 bits per heavy atom. The maximum absolute atomic E-state index is 13.8. The molecule has 36 heavy (non-hydrogen) atoms. The van der Waals surface area contributed by atoms with Gasteiger partial charge in [0.2, 0.25) is 11.8 Å². The number of hydrogen-bond acceptors (Lipinski definition) is 6. The number of β-amino-alcohol motifs (C(OH)–C–C–N with tert-alkyl or cyclic N) is 1. The van der Waals surface area contributed by atoms with Crippen molar-refractivity contribution in [1.82, 2.24) is 25.2 Å². The highest BCUT2D eigenvalue weighted by atomic mass is 16.5. The standard InChI is InChI=1S/C27H37N5O4/c1-27(2,3)24(32-15-22(29-30-32)19-6-7-19)26(35)31-14-21(33)13-23(31)25(34)28-10-8-17-4-5-18-9-11-36-16-20(18)12-17/h4-5,12,15,19,21,23-24,33H,6-11,13-14,16H2,1-3H3,(H,28,34)/t21-,23+,24-/m1/s1. The summed E-state index contributed by atoms with van der Waals surface area (Å²) in [7, 11) is 0. The number of carbonyl (C=O) groups is 2. The Balaban J connectivity index is 1.25. The van der Waals surface area contributed by atoms with Gasteiger partial charge in [-0.3, -0.25) is 9.59 Å². The molecule has 1 saturated heterocycles. The molecule has 1 aliphatic carbocycles. The van der Waals surface area contributed by atoms with Gasteiger partial charge < -0.3 is 20.1 Å². The molecule has 3 heterocycles. The summed E-state index contributed by atoms with van der Waals surface area (Å²) in [5.74, 6) is -0.00325. The largest absolute Gasteiger partial charge is 0.391 e. The maximum Gasteiger partial charge on any atom is 0.248 e. The van der Waals surface area contributed by atoms with Crippen LogP contribution >= 0.6 is 0 Å². The molecule has 1 saturated carbocycles. The smallest absolute Gasteiger partial charge is 0.248 e. The average Bonchev–Trinajstić information content (AvgIpc) is 3.45. The Morgan fingerprint density at radius 3 is 2.81 bits per heavy atom. The molecule has 9 nitrogen and oxygen atoms in total. The predicted octanol–water partition coefficient (Wildman–Crippen LogP) is 2.14. The van der Waals surface area contributed by atoms with Crippen molar-refractivity contribution in [2.45, 2.75) is 83.6 Å². The van der Waals surface area contributed by atoms with Gasteiger partial charge >= 0.3 is 0 Å². The fourth-order valence-corrected chi connectivity index (χ4v) is 5.35. The van der Waals surface area contributed by atoms with Crippen LogP contribution in [0.4, 0.5) is 0 Å². The molecule has 0 unspecified atom stereocenters. The minimum Gasteiger partial charge on any atom is -0.391 e. The lowest BCUT2D eigenvalue weighted by atomic mass is 9.85. The van der Waals surface area contributed by atoms with E-state index in [0.29, 0.717) is 25.5 Å². The van der Waals surface area contributed by atoms with Crippen LogP contribution in [-0.4, -0.2) is 68.7 Å². The lowest BCUT2D eigenvalue weighted by Gasteiger charge is -2.34. The highest BCUT2D eigenvalue weighted by Crippen LogP contribution is 2.40. The first-order valence-electron chi connectivity index (χ1n) is 13.1. The number of ether oxygens (including phenoxy) is 1. The minimum atomic E-state index is -0.733. The van der Waals surface area contributed by atoms with Crippen LogP contribution in [0.1, 0.15) is 74.4 Å². The number of carbonyl (C=O) groups excluding carboxylic acids is 2. The average molecular weight is 496 g/mol. The van der Waals surface area contributed by atoms with Gasteiger partial charge in [0.1, 0.15) is 12.1 Å². The third-order valence-electron chi connectivity index (χ3n) is 7.46. The van der Waals surface area contributed by atoms with Gasteiger partial charge in [-0.2, -0.15) is 0 Å². The van der Waals surface area contributed by atoms with E-state index < -0.39 is 23.6 Å². The van der Waals surface area contributed by atoms with Crippen LogP contribution in [0.15, 0.2) is 24.4 Å². The normalized spacial score (nSPS) is 22.8. The van der Waals surface area contributed by atoms with Gasteiger partial charge in [-0.05, 0) is 47.8 Å². The summed E-state index contributed by atoms with van der Waals surface area (Å²) in [6.45, 7) is 7.95. The van der Waals surface area contributed by atoms with E-state index in [1.165, 1.54) is 16.0 Å². The van der Waals surface area contributed by atoms with E-state index in [2.05, 4.69) is 33.8 Å². The Bertz CT molecular complexity index is 1120. The van der Waals surface area contributed by atoms with Crippen molar-refractivity contribution >= 4 is 11.8 Å². The van der Waals surface area contributed by atoms with Gasteiger partial charge in [-0.15, -0.1) is 5.10 Å². The summed E-state index contributed by atoms with van der Waals surface area (Å²) in [6.07, 6.45) is 5.21. The van der Waals surface area contributed by atoms with E-state index in [4.69, 9.17) is 4.74 Å². The number of aromatic nitrogens is 3. The van der Waals surface area contributed by atoms with Crippen molar-refractivity contribution < 1.29 is 19.4 Å². The molecule has 194 valence electrons. The topological polar surface area (TPSA) is 110 Å².